The van der Waals surface area contributed by atoms with Gasteiger partial charge in [-0.1, -0.05) is 0 Å². The van der Waals surface area contributed by atoms with E-state index in [2.05, 4.69) is 5.32 Å². The molecule has 0 aromatic carbocycles. The van der Waals surface area contributed by atoms with Crippen molar-refractivity contribution in [2.24, 2.45) is 0 Å². The largest absolute Gasteiger partial charge is 0.338 e. The van der Waals surface area contributed by atoms with Crippen molar-refractivity contribution in [2.75, 3.05) is 25.1 Å². The van der Waals surface area contributed by atoms with Crippen LogP contribution in [0.2, 0.25) is 0 Å². The molecule has 0 bridgehead atoms. The van der Waals surface area contributed by atoms with E-state index >= 15 is 0 Å². The van der Waals surface area contributed by atoms with Gasteiger partial charge in [0.05, 0.1) is 0 Å². The van der Waals surface area contributed by atoms with Crippen LogP contribution >= 0.6 is 0 Å². The van der Waals surface area contributed by atoms with E-state index < -0.39 is 10.8 Å². The second-order valence-corrected chi connectivity index (χ2v) is 5.25. The van der Waals surface area contributed by atoms with Crippen molar-refractivity contribution in [1.29, 1.82) is 0 Å². The van der Waals surface area contributed by atoms with Crippen LogP contribution in [0.15, 0.2) is 0 Å². The number of amides is 2. The van der Waals surface area contributed by atoms with E-state index in [1.165, 1.54) is 0 Å². The first-order chi connectivity index (χ1) is 6.61. The van der Waals surface area contributed by atoms with E-state index in [0.29, 0.717) is 5.75 Å². The van der Waals surface area contributed by atoms with Gasteiger partial charge < -0.3 is 10.2 Å². The Morgan fingerprint density at radius 2 is 2.36 bits per heavy atom. The fourth-order valence-electron chi connectivity index (χ4n) is 1.56. The van der Waals surface area contributed by atoms with Crippen molar-refractivity contribution >= 4 is 16.8 Å². The highest BCUT2D eigenvalue weighted by Gasteiger charge is 2.22. The first-order valence-electron chi connectivity index (χ1n) is 4.95. The van der Waals surface area contributed by atoms with Gasteiger partial charge in [0, 0.05) is 41.9 Å². The summed E-state index contributed by atoms with van der Waals surface area (Å²) in [5.41, 5.74) is 0. The molecule has 0 aromatic rings. The Morgan fingerprint density at radius 3 is 2.93 bits per heavy atom. The first kappa shape index (κ1) is 11.5. The van der Waals surface area contributed by atoms with Gasteiger partial charge in [0.25, 0.3) is 0 Å². The Morgan fingerprint density at radius 1 is 1.64 bits per heavy atom. The van der Waals surface area contributed by atoms with Crippen LogP contribution in [0, 0.1) is 0 Å². The molecule has 14 heavy (non-hydrogen) atoms. The monoisotopic (exact) mass is 218 g/mol. The molecule has 1 heterocycles. The third-order valence-electron chi connectivity index (χ3n) is 2.47. The predicted molar refractivity (Wildman–Crippen MR) is 57.7 cm³/mol. The fourth-order valence-corrected chi connectivity index (χ4v) is 2.23. The molecular formula is C9H18N2O2S. The summed E-state index contributed by atoms with van der Waals surface area (Å²) in [6.45, 7) is 3.61. The Labute approximate surface area is 87.5 Å². The average molecular weight is 218 g/mol. The Kier molecular flexibility index (Phi) is 4.38. The number of rotatable bonds is 4. The number of nitrogens with one attached hydrogen (secondary N) is 1. The first-order valence-corrected chi connectivity index (χ1v) is 6.68. The van der Waals surface area contributed by atoms with Gasteiger partial charge in [0.15, 0.2) is 0 Å². The Balaban J connectivity index is 2.38. The van der Waals surface area contributed by atoms with Gasteiger partial charge in [0.1, 0.15) is 0 Å². The SMILES string of the molecule is CC(CCS(C)=O)N1CCCNC1=O. The van der Waals surface area contributed by atoms with Gasteiger partial charge in [-0.05, 0) is 19.8 Å². The summed E-state index contributed by atoms with van der Waals surface area (Å²) in [5, 5.41) is 2.81. The number of hydrogen-bond donors (Lipinski definition) is 1. The van der Waals surface area contributed by atoms with E-state index in [0.717, 1.165) is 25.9 Å². The molecule has 0 aromatic heterocycles. The summed E-state index contributed by atoms with van der Waals surface area (Å²) in [5.74, 6) is 0.672. The van der Waals surface area contributed by atoms with E-state index in [-0.39, 0.29) is 12.1 Å². The van der Waals surface area contributed by atoms with E-state index in [1.807, 2.05) is 11.8 Å². The molecule has 4 nitrogen and oxygen atoms in total. The number of hydrogen-bond acceptors (Lipinski definition) is 2. The van der Waals surface area contributed by atoms with Crippen molar-refractivity contribution in [3.05, 3.63) is 0 Å². The zero-order valence-corrected chi connectivity index (χ0v) is 9.60. The van der Waals surface area contributed by atoms with Crippen molar-refractivity contribution < 1.29 is 9.00 Å². The molecule has 0 radical (unpaired) electrons. The summed E-state index contributed by atoms with van der Waals surface area (Å²) in [4.78, 5) is 13.2. The third kappa shape index (κ3) is 3.29. The maximum absolute atomic E-state index is 11.4. The highest BCUT2D eigenvalue weighted by Crippen LogP contribution is 2.08. The van der Waals surface area contributed by atoms with Crippen molar-refractivity contribution in [2.45, 2.75) is 25.8 Å². The van der Waals surface area contributed by atoms with Crippen LogP contribution in [-0.4, -0.2) is 46.3 Å². The molecule has 1 saturated heterocycles. The zero-order chi connectivity index (χ0) is 10.6. The fraction of sp³-hybridized carbons (Fsp3) is 0.889. The second kappa shape index (κ2) is 5.34. The van der Waals surface area contributed by atoms with Crippen molar-refractivity contribution in [1.82, 2.24) is 10.2 Å². The molecule has 2 atom stereocenters. The smallest absolute Gasteiger partial charge is 0.317 e. The summed E-state index contributed by atoms with van der Waals surface area (Å²) >= 11 is 0. The summed E-state index contributed by atoms with van der Waals surface area (Å²) in [6.07, 6.45) is 3.52. The molecule has 1 fully saturated rings. The molecule has 1 aliphatic heterocycles. The topological polar surface area (TPSA) is 49.4 Å². The molecule has 2 unspecified atom stereocenters. The molecule has 0 spiro atoms. The van der Waals surface area contributed by atoms with E-state index in [9.17, 15) is 9.00 Å². The third-order valence-corrected chi connectivity index (χ3v) is 3.28. The van der Waals surface area contributed by atoms with E-state index in [1.54, 1.807) is 6.26 Å². The summed E-state index contributed by atoms with van der Waals surface area (Å²) in [7, 11) is -0.760. The van der Waals surface area contributed by atoms with Gasteiger partial charge in [-0.2, -0.15) is 0 Å². The molecule has 1 rings (SSSR count). The lowest BCUT2D eigenvalue weighted by atomic mass is 10.2. The lowest BCUT2D eigenvalue weighted by molar-refractivity contribution is 0.164. The summed E-state index contributed by atoms with van der Waals surface area (Å²) < 4.78 is 10.9. The molecule has 0 aliphatic carbocycles. The van der Waals surface area contributed by atoms with E-state index in [4.69, 9.17) is 0 Å². The van der Waals surface area contributed by atoms with Crippen molar-refractivity contribution in [3.63, 3.8) is 0 Å². The minimum absolute atomic E-state index is 0.0191. The maximum atomic E-state index is 11.4. The lowest BCUT2D eigenvalue weighted by Gasteiger charge is -2.32. The van der Waals surface area contributed by atoms with Crippen LogP contribution in [0.4, 0.5) is 4.79 Å². The maximum Gasteiger partial charge on any atom is 0.317 e. The molecular weight excluding hydrogens is 200 g/mol. The standard InChI is InChI=1S/C9H18N2O2S/c1-8(4-7-14(2)13)11-6-3-5-10-9(11)12/h8H,3-7H2,1-2H3,(H,10,12). The van der Waals surface area contributed by atoms with Gasteiger partial charge in [0.2, 0.25) is 0 Å². The highest BCUT2D eigenvalue weighted by molar-refractivity contribution is 7.84. The normalized spacial score (nSPS) is 21.6. The quantitative estimate of drug-likeness (QED) is 0.749. The Hall–Kier alpha value is -0.580. The van der Waals surface area contributed by atoms with Crippen LogP contribution < -0.4 is 5.32 Å². The average Bonchev–Trinajstić information content (AvgIpc) is 2.15. The summed E-state index contributed by atoms with van der Waals surface area (Å²) in [6, 6.07) is 0.213. The number of urea groups is 1. The van der Waals surface area contributed by atoms with Crippen LogP contribution in [0.3, 0.4) is 0 Å². The molecule has 1 aliphatic rings. The second-order valence-electron chi connectivity index (χ2n) is 3.69. The minimum Gasteiger partial charge on any atom is -0.338 e. The highest BCUT2D eigenvalue weighted by atomic mass is 32.2. The molecule has 82 valence electrons. The van der Waals surface area contributed by atoms with Crippen LogP contribution in [-0.2, 0) is 10.8 Å². The molecule has 1 N–H and O–H groups in total. The lowest BCUT2D eigenvalue weighted by Crippen LogP contribution is -2.50. The molecule has 5 heteroatoms. The molecule has 2 amide bonds. The van der Waals surface area contributed by atoms with Crippen LogP contribution in [0.1, 0.15) is 19.8 Å². The molecule has 0 saturated carbocycles. The van der Waals surface area contributed by atoms with Gasteiger partial charge in [-0.3, -0.25) is 4.21 Å². The van der Waals surface area contributed by atoms with Gasteiger partial charge >= 0.3 is 6.03 Å². The van der Waals surface area contributed by atoms with Crippen LogP contribution in [0.5, 0.6) is 0 Å². The minimum atomic E-state index is -0.760. The van der Waals surface area contributed by atoms with Gasteiger partial charge in [-0.15, -0.1) is 0 Å². The van der Waals surface area contributed by atoms with Gasteiger partial charge in [-0.25, -0.2) is 4.79 Å². The van der Waals surface area contributed by atoms with Crippen molar-refractivity contribution in [3.8, 4) is 0 Å². The zero-order valence-electron chi connectivity index (χ0n) is 8.78. The Bertz CT molecular complexity index is 233. The number of carbonyl (C=O) groups excluding carboxylic acids is 1. The number of nitrogens with zero attached hydrogens (tertiary/aromatic N) is 1. The number of carbonyl (C=O) groups is 1. The van der Waals surface area contributed by atoms with Crippen LogP contribution in [0.25, 0.3) is 0 Å². The predicted octanol–water partition coefficient (Wildman–Crippen LogP) is 0.559.